The number of hydrogen-bond acceptors (Lipinski definition) is 7. The van der Waals surface area contributed by atoms with Gasteiger partial charge in [0.2, 0.25) is 23.5 Å². The summed E-state index contributed by atoms with van der Waals surface area (Å²) in [4.78, 5) is 78.8. The minimum atomic E-state index is -1.08. The lowest BCUT2D eigenvalue weighted by molar-refractivity contribution is -0.143. The number of nitrogens with one attached hydrogen (secondary N) is 4. The fourth-order valence-electron chi connectivity index (χ4n) is 5.30. The van der Waals surface area contributed by atoms with Crippen LogP contribution in [0, 0.1) is 5.92 Å². The van der Waals surface area contributed by atoms with Crippen LogP contribution in [0.2, 0.25) is 0 Å². The summed E-state index contributed by atoms with van der Waals surface area (Å²) in [7, 11) is 0. The molecule has 232 valence electrons. The lowest BCUT2D eigenvalue weighted by Gasteiger charge is -2.30. The molecule has 0 bridgehead atoms. The van der Waals surface area contributed by atoms with Crippen molar-refractivity contribution in [1.29, 1.82) is 0 Å². The number of alkyl carbamates (subject to hydrolysis) is 1. The summed E-state index contributed by atoms with van der Waals surface area (Å²) in [6, 6.07) is -2.90. The van der Waals surface area contributed by atoms with Gasteiger partial charge in [0.15, 0.2) is 0 Å². The van der Waals surface area contributed by atoms with Crippen molar-refractivity contribution in [2.75, 3.05) is 19.7 Å². The van der Waals surface area contributed by atoms with Crippen LogP contribution in [0.4, 0.5) is 4.79 Å². The van der Waals surface area contributed by atoms with Crippen LogP contribution in [0.3, 0.4) is 0 Å². The van der Waals surface area contributed by atoms with Crippen molar-refractivity contribution in [1.82, 2.24) is 26.2 Å². The highest BCUT2D eigenvalue weighted by Crippen LogP contribution is 2.22. The molecule has 1 aliphatic carbocycles. The van der Waals surface area contributed by atoms with Gasteiger partial charge in [-0.1, -0.05) is 70.3 Å². The fraction of sp³-hybridized carbons (Fsp3) is 0.667. The molecule has 12 nitrogen and oxygen atoms in total. The van der Waals surface area contributed by atoms with Gasteiger partial charge in [-0.15, -0.1) is 0 Å². The third-order valence-corrected chi connectivity index (χ3v) is 7.56. The summed E-state index contributed by atoms with van der Waals surface area (Å²) in [6.45, 7) is 4.04. The number of carbonyl (C=O) groups is 6. The van der Waals surface area contributed by atoms with Crippen LogP contribution < -0.4 is 21.3 Å². The van der Waals surface area contributed by atoms with Crippen molar-refractivity contribution < 1.29 is 33.5 Å². The first-order valence-electron chi connectivity index (χ1n) is 15.1. The highest BCUT2D eigenvalue weighted by atomic mass is 16.5. The van der Waals surface area contributed by atoms with Gasteiger partial charge >= 0.3 is 6.09 Å². The van der Waals surface area contributed by atoms with Crippen molar-refractivity contribution >= 4 is 35.5 Å². The van der Waals surface area contributed by atoms with Crippen molar-refractivity contribution in [2.45, 2.75) is 102 Å². The second-order valence-corrected chi connectivity index (χ2v) is 11.6. The van der Waals surface area contributed by atoms with Crippen molar-refractivity contribution in [2.24, 2.45) is 5.92 Å². The van der Waals surface area contributed by atoms with E-state index in [9.17, 15) is 28.8 Å². The summed E-state index contributed by atoms with van der Waals surface area (Å²) in [5.74, 6) is -2.92. The number of ketones is 1. The molecule has 0 saturated carbocycles. The Morgan fingerprint density at radius 1 is 0.976 bits per heavy atom. The van der Waals surface area contributed by atoms with E-state index in [0.717, 1.165) is 19.3 Å². The molecule has 2 heterocycles. The Labute approximate surface area is 247 Å². The summed E-state index contributed by atoms with van der Waals surface area (Å²) in [5.41, 5.74) is 0. The van der Waals surface area contributed by atoms with E-state index in [-0.39, 0.29) is 37.4 Å². The van der Waals surface area contributed by atoms with E-state index in [2.05, 4.69) is 21.3 Å². The highest BCUT2D eigenvalue weighted by molar-refractivity contribution is 6.38. The van der Waals surface area contributed by atoms with Crippen LogP contribution in [0.15, 0.2) is 24.3 Å². The lowest BCUT2D eigenvalue weighted by atomic mass is 9.99. The minimum absolute atomic E-state index is 0.147. The molecular weight excluding hydrogens is 542 g/mol. The predicted octanol–water partition coefficient (Wildman–Crippen LogP) is 1.64. The highest BCUT2D eigenvalue weighted by Gasteiger charge is 2.39. The second kappa shape index (κ2) is 16.7. The molecule has 4 N–H and O–H groups in total. The number of rotatable bonds is 8. The Bertz CT molecular complexity index is 1060. The number of ether oxygens (including phenoxy) is 1. The van der Waals surface area contributed by atoms with Gasteiger partial charge in [0.05, 0.1) is 25.2 Å². The van der Waals surface area contributed by atoms with E-state index in [0.29, 0.717) is 45.1 Å². The molecule has 5 amide bonds. The SMILES string of the molecule is CC(C)COC(=O)N[C@H]1CCCCCCCC(C(=O)C(=O)NCC(=O)NC2C=CC=CC2)NC(=O)[C@@H]2CCCN2C1=O. The van der Waals surface area contributed by atoms with E-state index in [1.807, 2.05) is 38.2 Å². The molecule has 0 radical (unpaired) electrons. The van der Waals surface area contributed by atoms with Crippen molar-refractivity contribution in [3.63, 3.8) is 0 Å². The first kappa shape index (κ1) is 32.8. The summed E-state index contributed by atoms with van der Waals surface area (Å²) >= 11 is 0. The van der Waals surface area contributed by atoms with Gasteiger partial charge in [0.25, 0.3) is 5.91 Å². The number of allylic oxidation sites excluding steroid dienone is 2. The van der Waals surface area contributed by atoms with Gasteiger partial charge in [-0.3, -0.25) is 24.0 Å². The third kappa shape index (κ3) is 10.3. The normalized spacial score (nSPS) is 25.2. The maximum Gasteiger partial charge on any atom is 0.407 e. The van der Waals surface area contributed by atoms with Crippen LogP contribution in [-0.2, 0) is 28.7 Å². The average molecular weight is 588 g/mol. The molecule has 4 atom stereocenters. The molecule has 0 aromatic carbocycles. The van der Waals surface area contributed by atoms with Gasteiger partial charge in [-0.25, -0.2) is 4.79 Å². The van der Waals surface area contributed by atoms with Crippen LogP contribution in [0.1, 0.15) is 78.1 Å². The fourth-order valence-corrected chi connectivity index (χ4v) is 5.30. The van der Waals surface area contributed by atoms with E-state index < -0.39 is 47.7 Å². The van der Waals surface area contributed by atoms with Crippen molar-refractivity contribution in [3.05, 3.63) is 24.3 Å². The Balaban J connectivity index is 1.63. The first-order chi connectivity index (χ1) is 20.2. The number of nitrogens with zero attached hydrogens (tertiary/aromatic N) is 1. The maximum absolute atomic E-state index is 13.5. The molecule has 12 heteroatoms. The second-order valence-electron chi connectivity index (χ2n) is 11.6. The minimum Gasteiger partial charge on any atom is -0.449 e. The molecule has 2 saturated heterocycles. The molecule has 2 aliphatic heterocycles. The predicted molar refractivity (Wildman–Crippen MR) is 155 cm³/mol. The van der Waals surface area contributed by atoms with Crippen molar-refractivity contribution in [3.8, 4) is 0 Å². The van der Waals surface area contributed by atoms with Gasteiger partial charge in [-0.05, 0) is 38.0 Å². The van der Waals surface area contributed by atoms with E-state index >= 15 is 0 Å². The summed E-state index contributed by atoms with van der Waals surface area (Å²) in [6.07, 6.45) is 12.9. The van der Waals surface area contributed by atoms with Gasteiger partial charge in [-0.2, -0.15) is 0 Å². The van der Waals surface area contributed by atoms with Gasteiger partial charge in [0.1, 0.15) is 12.1 Å². The number of amides is 5. The standard InChI is InChI=1S/C30H45N5O7/c1-20(2)19-42-30(41)34-23-15-10-5-3-4-9-14-22(33-27(38)24-16-11-17-35(24)29(23)40)26(37)28(39)31-18-25(36)32-21-12-7-6-8-13-21/h6-8,12,20-24H,3-5,9-11,13-19H2,1-2H3,(H,31,39)(H,32,36)(H,33,38)(H,34,41)/t21?,22?,23-,24-/m0/s1. The van der Waals surface area contributed by atoms with Crippen LogP contribution in [0.5, 0.6) is 0 Å². The lowest BCUT2D eigenvalue weighted by Crippen LogP contribution is -2.56. The zero-order chi connectivity index (χ0) is 30.5. The zero-order valence-electron chi connectivity index (χ0n) is 24.7. The smallest absolute Gasteiger partial charge is 0.407 e. The summed E-state index contributed by atoms with van der Waals surface area (Å²) in [5, 5.41) is 10.5. The van der Waals surface area contributed by atoms with Gasteiger partial charge < -0.3 is 30.9 Å². The third-order valence-electron chi connectivity index (χ3n) is 7.56. The van der Waals surface area contributed by atoms with Gasteiger partial charge in [0, 0.05) is 6.54 Å². The topological polar surface area (TPSA) is 163 Å². The summed E-state index contributed by atoms with van der Waals surface area (Å²) < 4.78 is 5.23. The molecule has 0 spiro atoms. The molecule has 0 aromatic heterocycles. The molecule has 42 heavy (non-hydrogen) atoms. The number of Topliss-reactive ketones (excluding diaryl/α,β-unsaturated/α-hetero) is 1. The Kier molecular flexibility index (Phi) is 13.0. The average Bonchev–Trinajstić information content (AvgIpc) is 3.46. The molecule has 2 fully saturated rings. The molecule has 3 rings (SSSR count). The zero-order valence-corrected chi connectivity index (χ0v) is 24.7. The Hall–Kier alpha value is -3.70. The molecule has 2 unspecified atom stereocenters. The monoisotopic (exact) mass is 587 g/mol. The Morgan fingerprint density at radius 2 is 1.71 bits per heavy atom. The van der Waals surface area contributed by atoms with E-state index in [1.54, 1.807) is 0 Å². The van der Waals surface area contributed by atoms with E-state index in [4.69, 9.17) is 4.74 Å². The van der Waals surface area contributed by atoms with Crippen LogP contribution in [-0.4, -0.2) is 84.3 Å². The number of fused-ring (bicyclic) bond motifs is 1. The van der Waals surface area contributed by atoms with Crippen LogP contribution >= 0.6 is 0 Å². The molecule has 0 aromatic rings. The number of hydrogen-bond donors (Lipinski definition) is 4. The maximum atomic E-state index is 13.5. The van der Waals surface area contributed by atoms with E-state index in [1.165, 1.54) is 4.90 Å². The quantitative estimate of drug-likeness (QED) is 0.314. The number of carbonyl (C=O) groups excluding carboxylic acids is 6. The largest absolute Gasteiger partial charge is 0.449 e. The molecule has 3 aliphatic rings. The first-order valence-corrected chi connectivity index (χ1v) is 15.1. The molecular formula is C30H45N5O7. The Morgan fingerprint density at radius 3 is 2.43 bits per heavy atom. The van der Waals surface area contributed by atoms with Crippen LogP contribution in [0.25, 0.3) is 0 Å².